The van der Waals surface area contributed by atoms with Gasteiger partial charge in [-0.1, -0.05) is 30.3 Å². The predicted octanol–water partition coefficient (Wildman–Crippen LogP) is 3.60. The van der Waals surface area contributed by atoms with Crippen molar-refractivity contribution in [3.63, 3.8) is 0 Å². The molecule has 1 saturated heterocycles. The van der Waals surface area contributed by atoms with Gasteiger partial charge >= 0.3 is 6.03 Å². The molecule has 1 heterocycles. The van der Waals surface area contributed by atoms with E-state index in [4.69, 9.17) is 9.47 Å². The molecule has 0 aromatic heterocycles. The van der Waals surface area contributed by atoms with Gasteiger partial charge in [-0.3, -0.25) is 9.69 Å². The van der Waals surface area contributed by atoms with Gasteiger partial charge in [-0.05, 0) is 43.5 Å². The van der Waals surface area contributed by atoms with Gasteiger partial charge in [0.25, 0.3) is 5.91 Å². The largest absolute Gasteiger partial charge is 0.493 e. The summed E-state index contributed by atoms with van der Waals surface area (Å²) < 4.78 is 25.4. The van der Waals surface area contributed by atoms with Crippen molar-refractivity contribution in [2.75, 3.05) is 20.3 Å². The first-order chi connectivity index (χ1) is 14.4. The normalized spacial score (nSPS) is 22.2. The number of ether oxygens (including phenoxy) is 2. The number of benzene rings is 2. The number of rotatable bonds is 8. The number of hydrogen-bond donors (Lipinski definition) is 1. The topological polar surface area (TPSA) is 67.9 Å². The summed E-state index contributed by atoms with van der Waals surface area (Å²) >= 11 is 0. The number of hydrogen-bond acceptors (Lipinski definition) is 4. The molecule has 7 heteroatoms. The first kappa shape index (κ1) is 20.3. The lowest BCUT2D eigenvalue weighted by Gasteiger charge is -2.25. The Morgan fingerprint density at radius 3 is 2.60 bits per heavy atom. The van der Waals surface area contributed by atoms with Gasteiger partial charge in [0.05, 0.1) is 13.2 Å². The highest BCUT2D eigenvalue weighted by Crippen LogP contribution is 2.47. The molecule has 1 aliphatic heterocycles. The molecule has 158 valence electrons. The lowest BCUT2D eigenvalue weighted by atomic mass is 9.91. The molecule has 0 spiro atoms. The van der Waals surface area contributed by atoms with E-state index in [0.717, 1.165) is 24.2 Å². The van der Waals surface area contributed by atoms with E-state index in [-0.39, 0.29) is 17.5 Å². The van der Waals surface area contributed by atoms with E-state index < -0.39 is 23.3 Å². The monoisotopic (exact) mass is 412 g/mol. The molecule has 2 fully saturated rings. The van der Waals surface area contributed by atoms with Gasteiger partial charge in [0, 0.05) is 24.6 Å². The number of carbonyl (C=O) groups excluding carboxylic acids is 2. The first-order valence-electron chi connectivity index (χ1n) is 9.97. The second kappa shape index (κ2) is 7.72. The molecule has 0 radical (unpaired) electrons. The third-order valence-corrected chi connectivity index (χ3v) is 5.89. The summed E-state index contributed by atoms with van der Waals surface area (Å²) in [5, 5.41) is 2.68. The highest BCUT2D eigenvalue weighted by Gasteiger charge is 2.55. The molecular formula is C23H25FN2O4. The SMILES string of the molecule is COCc1cccc(OCC2(CN3C(=O)N[C@](C)(c4ccccc4F)C3=O)CC2)c1. The van der Waals surface area contributed by atoms with Gasteiger partial charge in [0.15, 0.2) is 0 Å². The Kier molecular flexibility index (Phi) is 5.24. The van der Waals surface area contributed by atoms with Crippen molar-refractivity contribution in [3.8, 4) is 5.75 Å². The highest BCUT2D eigenvalue weighted by molar-refractivity contribution is 6.07. The fourth-order valence-corrected chi connectivity index (χ4v) is 3.88. The third kappa shape index (κ3) is 3.77. The van der Waals surface area contributed by atoms with E-state index in [1.165, 1.54) is 17.0 Å². The number of amides is 3. The predicted molar refractivity (Wildman–Crippen MR) is 108 cm³/mol. The average Bonchev–Trinajstić information content (AvgIpc) is 3.46. The third-order valence-electron chi connectivity index (χ3n) is 5.89. The van der Waals surface area contributed by atoms with Crippen LogP contribution in [0.25, 0.3) is 0 Å². The Balaban J connectivity index is 1.45. The summed E-state index contributed by atoms with van der Waals surface area (Å²) in [5.74, 6) is -0.230. The smallest absolute Gasteiger partial charge is 0.325 e. The zero-order valence-corrected chi connectivity index (χ0v) is 17.1. The van der Waals surface area contributed by atoms with Gasteiger partial charge < -0.3 is 14.8 Å². The van der Waals surface area contributed by atoms with Gasteiger partial charge in [-0.15, -0.1) is 0 Å². The molecule has 1 atom stereocenters. The highest BCUT2D eigenvalue weighted by atomic mass is 19.1. The van der Waals surface area contributed by atoms with Crippen LogP contribution in [-0.2, 0) is 21.7 Å². The molecule has 1 aliphatic carbocycles. The van der Waals surface area contributed by atoms with E-state index in [2.05, 4.69) is 5.32 Å². The van der Waals surface area contributed by atoms with Crippen molar-refractivity contribution in [1.29, 1.82) is 0 Å². The summed E-state index contributed by atoms with van der Waals surface area (Å²) in [6.45, 7) is 2.69. The van der Waals surface area contributed by atoms with E-state index in [1.54, 1.807) is 26.2 Å². The van der Waals surface area contributed by atoms with E-state index in [9.17, 15) is 14.0 Å². The molecular weight excluding hydrogens is 387 g/mol. The van der Waals surface area contributed by atoms with Gasteiger partial charge in [-0.25, -0.2) is 9.18 Å². The standard InChI is InChI=1S/C23H25FN2O4/c1-22(18-8-3-4-9-19(18)24)20(27)26(21(28)25-22)14-23(10-11-23)15-30-17-7-5-6-16(12-17)13-29-2/h3-9,12H,10-11,13-15H2,1-2H3,(H,25,28)/t22-/m1/s1. The number of imide groups is 1. The molecule has 2 aromatic carbocycles. The lowest BCUT2D eigenvalue weighted by molar-refractivity contribution is -0.131. The van der Waals surface area contributed by atoms with Crippen LogP contribution in [0.2, 0.25) is 0 Å². The maximum atomic E-state index is 14.3. The number of carbonyl (C=O) groups is 2. The quantitative estimate of drug-likeness (QED) is 0.673. The van der Waals surface area contributed by atoms with Crippen molar-refractivity contribution in [1.82, 2.24) is 10.2 Å². The summed E-state index contributed by atoms with van der Waals surface area (Å²) in [7, 11) is 1.64. The second-order valence-electron chi connectivity index (χ2n) is 8.30. The summed E-state index contributed by atoms with van der Waals surface area (Å²) in [6, 6.07) is 13.2. The molecule has 3 amide bonds. The van der Waals surface area contributed by atoms with Crippen molar-refractivity contribution in [2.45, 2.75) is 31.9 Å². The van der Waals surface area contributed by atoms with Crippen LogP contribution < -0.4 is 10.1 Å². The second-order valence-corrected chi connectivity index (χ2v) is 8.30. The number of nitrogens with zero attached hydrogens (tertiary/aromatic N) is 1. The molecule has 1 N–H and O–H groups in total. The first-order valence-corrected chi connectivity index (χ1v) is 9.97. The number of nitrogens with one attached hydrogen (secondary N) is 1. The Bertz CT molecular complexity index is 975. The van der Waals surface area contributed by atoms with Crippen molar-refractivity contribution in [3.05, 3.63) is 65.5 Å². The molecule has 0 unspecified atom stereocenters. The zero-order chi connectivity index (χ0) is 21.4. The summed E-state index contributed by atoms with van der Waals surface area (Å²) in [4.78, 5) is 26.9. The van der Waals surface area contributed by atoms with Crippen LogP contribution in [0.5, 0.6) is 5.75 Å². The van der Waals surface area contributed by atoms with E-state index >= 15 is 0 Å². The Labute approximate surface area is 175 Å². The minimum absolute atomic E-state index is 0.168. The Morgan fingerprint density at radius 2 is 1.90 bits per heavy atom. The fourth-order valence-electron chi connectivity index (χ4n) is 3.88. The number of urea groups is 1. The van der Waals surface area contributed by atoms with Crippen LogP contribution in [-0.4, -0.2) is 37.1 Å². The minimum atomic E-state index is -1.41. The van der Waals surface area contributed by atoms with Crippen LogP contribution in [0, 0.1) is 11.2 Å². The molecule has 2 aromatic rings. The average molecular weight is 412 g/mol. The fraction of sp³-hybridized carbons (Fsp3) is 0.391. The summed E-state index contributed by atoms with van der Waals surface area (Å²) in [6.07, 6.45) is 1.72. The molecule has 30 heavy (non-hydrogen) atoms. The van der Waals surface area contributed by atoms with Gasteiger partial charge in [0.2, 0.25) is 0 Å². The van der Waals surface area contributed by atoms with Crippen LogP contribution in [0.4, 0.5) is 9.18 Å². The Hall–Kier alpha value is -2.93. The molecule has 4 rings (SSSR count). The maximum Gasteiger partial charge on any atom is 0.325 e. The Morgan fingerprint density at radius 1 is 1.13 bits per heavy atom. The van der Waals surface area contributed by atoms with E-state index in [0.29, 0.717) is 13.2 Å². The molecule has 6 nitrogen and oxygen atoms in total. The van der Waals surface area contributed by atoms with E-state index in [1.807, 2.05) is 24.3 Å². The van der Waals surface area contributed by atoms with Crippen molar-refractivity contribution in [2.24, 2.45) is 5.41 Å². The maximum absolute atomic E-state index is 14.3. The van der Waals surface area contributed by atoms with Crippen molar-refractivity contribution >= 4 is 11.9 Å². The molecule has 1 saturated carbocycles. The van der Waals surface area contributed by atoms with Gasteiger partial charge in [0.1, 0.15) is 17.1 Å². The minimum Gasteiger partial charge on any atom is -0.493 e. The lowest BCUT2D eigenvalue weighted by Crippen LogP contribution is -2.42. The van der Waals surface area contributed by atoms with Gasteiger partial charge in [-0.2, -0.15) is 0 Å². The van der Waals surface area contributed by atoms with Crippen molar-refractivity contribution < 1.29 is 23.5 Å². The zero-order valence-electron chi connectivity index (χ0n) is 17.1. The van der Waals surface area contributed by atoms with Crippen LogP contribution in [0.1, 0.15) is 30.9 Å². The van der Waals surface area contributed by atoms with Crippen LogP contribution in [0.15, 0.2) is 48.5 Å². The number of halogens is 1. The van der Waals surface area contributed by atoms with Crippen LogP contribution in [0.3, 0.4) is 0 Å². The molecule has 0 bridgehead atoms. The van der Waals surface area contributed by atoms with Crippen LogP contribution >= 0.6 is 0 Å². The molecule has 2 aliphatic rings. The number of methoxy groups -OCH3 is 1. The summed E-state index contributed by atoms with van der Waals surface area (Å²) in [5.41, 5.74) is -0.505.